The molecule has 0 spiro atoms. The predicted octanol–water partition coefficient (Wildman–Crippen LogP) is 4.26. The van der Waals surface area contributed by atoms with Crippen LogP contribution in [0.1, 0.15) is 17.8 Å². The van der Waals surface area contributed by atoms with E-state index >= 15 is 0 Å². The summed E-state index contributed by atoms with van der Waals surface area (Å²) in [7, 11) is 2.20. The molecular weight excluding hydrogens is 396 g/mol. The van der Waals surface area contributed by atoms with Crippen molar-refractivity contribution in [1.29, 1.82) is 0 Å². The highest BCUT2D eigenvalue weighted by atomic mass is 35.5. The fourth-order valence-corrected chi connectivity index (χ4v) is 4.18. The third-order valence-electron chi connectivity index (χ3n) is 5.92. The fourth-order valence-electron chi connectivity index (χ4n) is 4.06. The van der Waals surface area contributed by atoms with E-state index < -0.39 is 0 Å². The molecule has 2 heterocycles. The number of hydrogen-bond donors (Lipinski definition) is 0. The number of rotatable bonds is 8. The van der Waals surface area contributed by atoms with Crippen molar-refractivity contribution in [3.05, 3.63) is 58.9 Å². The van der Waals surface area contributed by atoms with Gasteiger partial charge in [0.15, 0.2) is 0 Å². The van der Waals surface area contributed by atoms with Crippen LogP contribution in [-0.2, 0) is 13.0 Å². The Labute approximate surface area is 184 Å². The van der Waals surface area contributed by atoms with Crippen molar-refractivity contribution in [1.82, 2.24) is 19.4 Å². The van der Waals surface area contributed by atoms with Crippen molar-refractivity contribution < 1.29 is 4.74 Å². The Hall–Kier alpha value is -2.08. The second-order valence-electron chi connectivity index (χ2n) is 8.18. The van der Waals surface area contributed by atoms with Crippen molar-refractivity contribution in [3.63, 3.8) is 0 Å². The van der Waals surface area contributed by atoms with E-state index in [1.54, 1.807) is 0 Å². The second kappa shape index (κ2) is 9.82. The monoisotopic (exact) mass is 426 g/mol. The van der Waals surface area contributed by atoms with Crippen LogP contribution in [0.25, 0.3) is 11.0 Å². The number of piperazine rings is 1. The van der Waals surface area contributed by atoms with Gasteiger partial charge in [-0.2, -0.15) is 0 Å². The smallest absolute Gasteiger partial charge is 0.119 e. The Morgan fingerprint density at radius 2 is 1.83 bits per heavy atom. The minimum atomic E-state index is 0.604. The summed E-state index contributed by atoms with van der Waals surface area (Å²) < 4.78 is 8.33. The van der Waals surface area contributed by atoms with Crippen LogP contribution >= 0.6 is 11.6 Å². The van der Waals surface area contributed by atoms with Crippen molar-refractivity contribution in [3.8, 4) is 5.75 Å². The summed E-state index contributed by atoms with van der Waals surface area (Å²) in [5.74, 6) is 2.01. The molecule has 1 aliphatic rings. The Morgan fingerprint density at radius 1 is 1.03 bits per heavy atom. The summed E-state index contributed by atoms with van der Waals surface area (Å²) in [6, 6.07) is 14.2. The number of benzene rings is 2. The lowest BCUT2D eigenvalue weighted by molar-refractivity contribution is 0.152. The van der Waals surface area contributed by atoms with Crippen molar-refractivity contribution in [2.45, 2.75) is 26.3 Å². The highest BCUT2D eigenvalue weighted by molar-refractivity contribution is 6.31. The quantitative estimate of drug-likeness (QED) is 0.539. The predicted molar refractivity (Wildman–Crippen MR) is 124 cm³/mol. The zero-order valence-corrected chi connectivity index (χ0v) is 18.7. The number of aromatic nitrogens is 2. The van der Waals surface area contributed by atoms with Crippen molar-refractivity contribution >= 4 is 22.6 Å². The van der Waals surface area contributed by atoms with Gasteiger partial charge in [0.1, 0.15) is 18.2 Å². The Morgan fingerprint density at radius 3 is 2.63 bits per heavy atom. The van der Waals surface area contributed by atoms with Gasteiger partial charge in [-0.15, -0.1) is 0 Å². The molecular formula is C24H31ClN4O. The molecule has 6 heteroatoms. The second-order valence-corrected chi connectivity index (χ2v) is 8.58. The first-order valence-corrected chi connectivity index (χ1v) is 11.2. The summed E-state index contributed by atoms with van der Waals surface area (Å²) >= 11 is 6.12. The minimum absolute atomic E-state index is 0.604. The molecule has 0 saturated carbocycles. The van der Waals surface area contributed by atoms with E-state index in [0.717, 1.165) is 53.6 Å². The van der Waals surface area contributed by atoms with Crippen molar-refractivity contribution in [2.24, 2.45) is 0 Å². The van der Waals surface area contributed by atoms with Crippen LogP contribution in [0.3, 0.4) is 0 Å². The van der Waals surface area contributed by atoms with Crippen LogP contribution in [0, 0.1) is 6.92 Å². The van der Waals surface area contributed by atoms with E-state index in [9.17, 15) is 0 Å². The average Bonchev–Trinajstić information content (AvgIpc) is 3.10. The van der Waals surface area contributed by atoms with Crippen molar-refractivity contribution in [2.75, 3.05) is 46.4 Å². The van der Waals surface area contributed by atoms with Gasteiger partial charge in [0.25, 0.3) is 0 Å². The van der Waals surface area contributed by atoms with Gasteiger partial charge in [-0.3, -0.25) is 0 Å². The topological polar surface area (TPSA) is 33.5 Å². The molecule has 30 heavy (non-hydrogen) atoms. The number of nitrogens with zero attached hydrogens (tertiary/aromatic N) is 4. The molecule has 1 saturated heterocycles. The zero-order valence-electron chi connectivity index (χ0n) is 18.0. The minimum Gasteiger partial charge on any atom is -0.492 e. The van der Waals surface area contributed by atoms with Crippen LogP contribution in [0.2, 0.25) is 5.02 Å². The van der Waals surface area contributed by atoms with Gasteiger partial charge in [0.2, 0.25) is 0 Å². The Bertz CT molecular complexity index is 978. The first-order chi connectivity index (χ1) is 14.6. The maximum Gasteiger partial charge on any atom is 0.119 e. The summed E-state index contributed by atoms with van der Waals surface area (Å²) in [4.78, 5) is 9.89. The van der Waals surface area contributed by atoms with Crippen LogP contribution in [0.15, 0.2) is 42.5 Å². The maximum atomic E-state index is 6.12. The molecule has 0 atom stereocenters. The van der Waals surface area contributed by atoms with Gasteiger partial charge in [-0.05, 0) is 62.8 Å². The highest BCUT2D eigenvalue weighted by Gasteiger charge is 2.15. The first-order valence-electron chi connectivity index (χ1n) is 10.8. The number of para-hydroxylation sites is 2. The number of aryl methyl sites for hydroxylation is 2. The molecule has 1 aliphatic heterocycles. The third kappa shape index (κ3) is 5.15. The van der Waals surface area contributed by atoms with Gasteiger partial charge in [0, 0.05) is 37.6 Å². The third-order valence-corrected chi connectivity index (χ3v) is 6.34. The number of fused-ring (bicyclic) bond motifs is 1. The molecule has 0 N–H and O–H groups in total. The maximum absolute atomic E-state index is 6.12. The molecule has 0 radical (unpaired) electrons. The summed E-state index contributed by atoms with van der Waals surface area (Å²) in [5, 5.41) is 0.769. The summed E-state index contributed by atoms with van der Waals surface area (Å²) in [5.41, 5.74) is 3.28. The normalized spacial score (nSPS) is 15.7. The molecule has 0 amide bonds. The molecule has 1 fully saturated rings. The van der Waals surface area contributed by atoms with Gasteiger partial charge >= 0.3 is 0 Å². The van der Waals surface area contributed by atoms with Gasteiger partial charge in [-0.1, -0.05) is 23.7 Å². The molecule has 160 valence electrons. The van der Waals surface area contributed by atoms with Crippen LogP contribution in [0.5, 0.6) is 5.75 Å². The standard InChI is InChI=1S/C24H31ClN4O/c1-19-18-20(9-10-21(19)25)30-17-16-29-23-7-4-3-6-22(23)26-24(29)8-5-11-28-14-12-27(2)13-15-28/h3-4,6-7,9-10,18H,5,8,11-17H2,1-2H3. The molecule has 5 nitrogen and oxygen atoms in total. The number of likely N-dealkylation sites (N-methyl/N-ethyl adjacent to an activating group) is 1. The number of halogens is 1. The largest absolute Gasteiger partial charge is 0.492 e. The average molecular weight is 427 g/mol. The lowest BCUT2D eigenvalue weighted by Gasteiger charge is -2.32. The Balaban J connectivity index is 1.39. The number of hydrogen-bond acceptors (Lipinski definition) is 4. The Kier molecular flexibility index (Phi) is 6.93. The molecule has 0 aliphatic carbocycles. The zero-order chi connectivity index (χ0) is 20.9. The molecule has 0 bridgehead atoms. The number of ether oxygens (including phenoxy) is 1. The lowest BCUT2D eigenvalue weighted by atomic mass is 10.2. The van der Waals surface area contributed by atoms with E-state index in [-0.39, 0.29) is 0 Å². The first kappa shape index (κ1) is 21.2. The molecule has 2 aromatic carbocycles. The van der Waals surface area contributed by atoms with E-state index in [1.807, 2.05) is 25.1 Å². The summed E-state index contributed by atoms with van der Waals surface area (Å²) in [6.07, 6.45) is 2.12. The van der Waals surface area contributed by atoms with Crippen LogP contribution < -0.4 is 4.74 Å². The summed E-state index contributed by atoms with van der Waals surface area (Å²) in [6.45, 7) is 9.19. The lowest BCUT2D eigenvalue weighted by Crippen LogP contribution is -2.44. The fraction of sp³-hybridized carbons (Fsp3) is 0.458. The van der Waals surface area contributed by atoms with E-state index in [2.05, 4.69) is 45.7 Å². The SMILES string of the molecule is Cc1cc(OCCn2c(CCCN3CCN(C)CC3)nc3ccccc32)ccc1Cl. The molecule has 3 aromatic rings. The molecule has 4 rings (SSSR count). The number of imidazole rings is 1. The van der Waals surface area contributed by atoms with E-state index in [4.69, 9.17) is 21.3 Å². The van der Waals surface area contributed by atoms with Gasteiger partial charge < -0.3 is 19.1 Å². The van der Waals surface area contributed by atoms with Gasteiger partial charge in [0.05, 0.1) is 17.6 Å². The van der Waals surface area contributed by atoms with Crippen LogP contribution in [-0.4, -0.2) is 65.7 Å². The highest BCUT2D eigenvalue weighted by Crippen LogP contribution is 2.22. The molecule has 0 unspecified atom stereocenters. The van der Waals surface area contributed by atoms with Crippen LogP contribution in [0.4, 0.5) is 0 Å². The molecule has 1 aromatic heterocycles. The van der Waals surface area contributed by atoms with Gasteiger partial charge in [-0.25, -0.2) is 4.98 Å². The van der Waals surface area contributed by atoms with E-state index in [1.165, 1.54) is 31.7 Å². The van der Waals surface area contributed by atoms with E-state index in [0.29, 0.717) is 6.61 Å².